The summed E-state index contributed by atoms with van der Waals surface area (Å²) in [6.45, 7) is 9.78. The smallest absolute Gasteiger partial charge is 0.229 e. The van der Waals surface area contributed by atoms with Crippen molar-refractivity contribution in [2.45, 2.75) is 39.9 Å². The number of aromatic nitrogens is 4. The summed E-state index contributed by atoms with van der Waals surface area (Å²) in [5.74, 6) is 1.32. The Kier molecular flexibility index (Phi) is 4.61. The molecule has 2 atom stereocenters. The Bertz CT molecular complexity index is 966. The lowest BCUT2D eigenvalue weighted by Crippen LogP contribution is -2.46. The summed E-state index contributed by atoms with van der Waals surface area (Å²) >= 11 is 0. The number of benzene rings is 1. The molecule has 1 N–H and O–H groups in total. The molecule has 0 radical (unpaired) electrons. The summed E-state index contributed by atoms with van der Waals surface area (Å²) in [6, 6.07) is 6.30. The molecule has 0 bridgehead atoms. The number of ether oxygens (including phenoxy) is 1. The number of anilines is 3. The number of morpholine rings is 1. The van der Waals surface area contributed by atoms with E-state index in [1.165, 1.54) is 5.56 Å². The number of nitrogens with one attached hydrogen (secondary N) is 1. The highest BCUT2D eigenvalue weighted by molar-refractivity contribution is 5.86. The van der Waals surface area contributed by atoms with Gasteiger partial charge in [0.15, 0.2) is 17.0 Å². The van der Waals surface area contributed by atoms with Gasteiger partial charge in [0.1, 0.15) is 0 Å². The van der Waals surface area contributed by atoms with E-state index in [9.17, 15) is 0 Å². The maximum absolute atomic E-state index is 5.84. The quantitative estimate of drug-likeness (QED) is 0.763. The van der Waals surface area contributed by atoms with E-state index < -0.39 is 0 Å². The van der Waals surface area contributed by atoms with Crippen molar-refractivity contribution in [3.8, 4) is 0 Å². The molecule has 1 aliphatic rings. The van der Waals surface area contributed by atoms with Crippen molar-refractivity contribution in [2.24, 2.45) is 0 Å². The largest absolute Gasteiger partial charge is 0.372 e. The second-order valence-corrected chi connectivity index (χ2v) is 7.21. The molecule has 140 valence electrons. The lowest BCUT2D eigenvalue weighted by molar-refractivity contribution is -0.00569. The Morgan fingerprint density at radius 2 is 1.78 bits per heavy atom. The second kappa shape index (κ2) is 7.08. The van der Waals surface area contributed by atoms with Gasteiger partial charge < -0.3 is 15.0 Å². The number of fused-ring (bicyclic) bond motifs is 1. The van der Waals surface area contributed by atoms with Crippen LogP contribution in [0, 0.1) is 13.8 Å². The van der Waals surface area contributed by atoms with Crippen LogP contribution < -0.4 is 10.2 Å². The molecule has 0 unspecified atom stereocenters. The first kappa shape index (κ1) is 17.6. The van der Waals surface area contributed by atoms with Gasteiger partial charge in [0.2, 0.25) is 5.95 Å². The predicted molar refractivity (Wildman–Crippen MR) is 107 cm³/mol. The minimum atomic E-state index is 0.130. The molecule has 3 aromatic rings. The third-order valence-corrected chi connectivity index (χ3v) is 4.67. The molecular weight excluding hydrogens is 340 g/mol. The Labute approximate surface area is 158 Å². The topological polar surface area (TPSA) is 76.1 Å². The Balaban J connectivity index is 1.78. The first-order chi connectivity index (χ1) is 13.0. The van der Waals surface area contributed by atoms with Crippen molar-refractivity contribution in [1.29, 1.82) is 0 Å². The maximum Gasteiger partial charge on any atom is 0.229 e. The van der Waals surface area contributed by atoms with E-state index in [0.29, 0.717) is 22.9 Å². The number of hydrogen-bond acceptors (Lipinski definition) is 7. The fourth-order valence-corrected chi connectivity index (χ4v) is 3.42. The van der Waals surface area contributed by atoms with Crippen LogP contribution in [0.25, 0.3) is 11.2 Å². The van der Waals surface area contributed by atoms with E-state index in [2.05, 4.69) is 71.1 Å². The van der Waals surface area contributed by atoms with Gasteiger partial charge in [-0.3, -0.25) is 0 Å². The third kappa shape index (κ3) is 3.68. The normalized spacial score (nSPS) is 20.1. The minimum Gasteiger partial charge on any atom is -0.372 e. The molecule has 0 amide bonds. The van der Waals surface area contributed by atoms with Gasteiger partial charge in [-0.25, -0.2) is 9.97 Å². The molecule has 0 spiro atoms. The van der Waals surface area contributed by atoms with E-state index >= 15 is 0 Å². The van der Waals surface area contributed by atoms with Crippen LogP contribution in [-0.2, 0) is 4.74 Å². The van der Waals surface area contributed by atoms with Crippen LogP contribution >= 0.6 is 0 Å². The summed E-state index contributed by atoms with van der Waals surface area (Å²) < 4.78 is 5.84. The van der Waals surface area contributed by atoms with Crippen LogP contribution in [0.4, 0.5) is 17.5 Å². The lowest BCUT2D eigenvalue weighted by atomic mass is 10.1. The van der Waals surface area contributed by atoms with Crippen molar-refractivity contribution in [3.05, 3.63) is 41.7 Å². The van der Waals surface area contributed by atoms with Gasteiger partial charge >= 0.3 is 0 Å². The molecule has 2 aromatic heterocycles. The zero-order valence-corrected chi connectivity index (χ0v) is 16.1. The van der Waals surface area contributed by atoms with Crippen LogP contribution in [0.2, 0.25) is 0 Å². The molecule has 7 nitrogen and oxygen atoms in total. The molecule has 1 aromatic carbocycles. The molecule has 27 heavy (non-hydrogen) atoms. The average Bonchev–Trinajstić information content (AvgIpc) is 2.64. The van der Waals surface area contributed by atoms with Crippen LogP contribution in [-0.4, -0.2) is 45.2 Å². The SMILES string of the molecule is Cc1ccc(C)c(Nc2nc(N3C[C@@H](C)O[C@H](C)C3)nc3nccnc23)c1. The van der Waals surface area contributed by atoms with Gasteiger partial charge in [0, 0.05) is 31.2 Å². The summed E-state index contributed by atoms with van der Waals surface area (Å²) in [5.41, 5.74) is 4.59. The van der Waals surface area contributed by atoms with Crippen molar-refractivity contribution < 1.29 is 4.74 Å². The van der Waals surface area contributed by atoms with E-state index in [0.717, 1.165) is 24.3 Å². The van der Waals surface area contributed by atoms with Crippen LogP contribution in [0.5, 0.6) is 0 Å². The highest BCUT2D eigenvalue weighted by Crippen LogP contribution is 2.27. The average molecular weight is 364 g/mol. The number of hydrogen-bond donors (Lipinski definition) is 1. The Hall–Kier alpha value is -2.80. The van der Waals surface area contributed by atoms with Gasteiger partial charge in [-0.05, 0) is 44.9 Å². The molecule has 1 aliphatic heterocycles. The van der Waals surface area contributed by atoms with Crippen LogP contribution in [0.3, 0.4) is 0 Å². The first-order valence-electron chi connectivity index (χ1n) is 9.23. The van der Waals surface area contributed by atoms with E-state index in [1.807, 2.05) is 0 Å². The second-order valence-electron chi connectivity index (χ2n) is 7.21. The highest BCUT2D eigenvalue weighted by Gasteiger charge is 2.25. The Morgan fingerprint density at radius 1 is 1.04 bits per heavy atom. The summed E-state index contributed by atoms with van der Waals surface area (Å²) in [4.78, 5) is 20.5. The third-order valence-electron chi connectivity index (χ3n) is 4.67. The van der Waals surface area contributed by atoms with E-state index in [4.69, 9.17) is 9.72 Å². The van der Waals surface area contributed by atoms with Crippen LogP contribution in [0.15, 0.2) is 30.6 Å². The number of aryl methyl sites for hydroxylation is 2. The lowest BCUT2D eigenvalue weighted by Gasteiger charge is -2.35. The van der Waals surface area contributed by atoms with Gasteiger partial charge in [-0.15, -0.1) is 0 Å². The molecule has 1 fully saturated rings. The molecule has 0 saturated carbocycles. The Morgan fingerprint density at radius 3 is 2.56 bits per heavy atom. The molecule has 4 rings (SSSR count). The number of nitrogens with zero attached hydrogens (tertiary/aromatic N) is 5. The maximum atomic E-state index is 5.84. The molecule has 0 aliphatic carbocycles. The van der Waals surface area contributed by atoms with E-state index in [1.54, 1.807) is 12.4 Å². The van der Waals surface area contributed by atoms with Gasteiger partial charge in [0.25, 0.3) is 0 Å². The zero-order valence-electron chi connectivity index (χ0n) is 16.1. The summed E-state index contributed by atoms with van der Waals surface area (Å²) in [5, 5.41) is 3.45. The van der Waals surface area contributed by atoms with Crippen molar-refractivity contribution in [1.82, 2.24) is 19.9 Å². The first-order valence-corrected chi connectivity index (χ1v) is 9.23. The summed E-state index contributed by atoms with van der Waals surface area (Å²) in [7, 11) is 0. The zero-order chi connectivity index (χ0) is 19.0. The predicted octanol–water partition coefficient (Wildman–Crippen LogP) is 3.39. The minimum absolute atomic E-state index is 0.130. The number of rotatable bonds is 3. The van der Waals surface area contributed by atoms with Gasteiger partial charge in [-0.1, -0.05) is 12.1 Å². The monoisotopic (exact) mass is 364 g/mol. The molecule has 1 saturated heterocycles. The summed E-state index contributed by atoms with van der Waals surface area (Å²) in [6.07, 6.45) is 3.58. The fourth-order valence-electron chi connectivity index (χ4n) is 3.42. The van der Waals surface area contributed by atoms with Gasteiger partial charge in [0.05, 0.1) is 12.2 Å². The molecular formula is C20H24N6O. The van der Waals surface area contributed by atoms with Crippen molar-refractivity contribution in [2.75, 3.05) is 23.3 Å². The van der Waals surface area contributed by atoms with Crippen molar-refractivity contribution >= 4 is 28.6 Å². The molecule has 7 heteroatoms. The van der Waals surface area contributed by atoms with Crippen molar-refractivity contribution in [3.63, 3.8) is 0 Å². The fraction of sp³-hybridized carbons (Fsp3) is 0.400. The molecule has 3 heterocycles. The van der Waals surface area contributed by atoms with E-state index in [-0.39, 0.29) is 12.2 Å². The van der Waals surface area contributed by atoms with Gasteiger partial charge in [-0.2, -0.15) is 9.97 Å². The standard InChI is InChI=1S/C20H24N6O/c1-12-5-6-13(2)16(9-12)23-19-17-18(22-8-7-21-17)24-20(25-19)26-10-14(3)27-15(4)11-26/h5-9,14-15H,10-11H2,1-4H3,(H,22,23,24,25)/t14-,15-/m1/s1. The highest BCUT2D eigenvalue weighted by atomic mass is 16.5. The van der Waals surface area contributed by atoms with Crippen LogP contribution in [0.1, 0.15) is 25.0 Å².